The minimum atomic E-state index is -0.655. The van der Waals surface area contributed by atoms with Crippen LogP contribution in [0, 0.1) is 0 Å². The van der Waals surface area contributed by atoms with E-state index in [-0.39, 0.29) is 0 Å². The van der Waals surface area contributed by atoms with Crippen molar-refractivity contribution in [3.8, 4) is 5.75 Å². The zero-order chi connectivity index (χ0) is 10.7. The maximum Gasteiger partial charge on any atom is 0.119 e. The zero-order valence-corrected chi connectivity index (χ0v) is 9.72. The Balaban J connectivity index is 2.26. The van der Waals surface area contributed by atoms with Crippen LogP contribution in [0.1, 0.15) is 18.4 Å². The van der Waals surface area contributed by atoms with Crippen LogP contribution < -0.4 is 4.74 Å². The van der Waals surface area contributed by atoms with Gasteiger partial charge in [0.05, 0.1) is 12.7 Å². The molecular formula is C12H16O2S. The summed E-state index contributed by atoms with van der Waals surface area (Å²) in [6, 6.07) is 7.76. The highest BCUT2D eigenvalue weighted by Gasteiger charge is 2.31. The lowest BCUT2D eigenvalue weighted by molar-refractivity contribution is 0.0493. The van der Waals surface area contributed by atoms with E-state index in [1.54, 1.807) is 7.11 Å². The molecule has 0 aliphatic carbocycles. The van der Waals surface area contributed by atoms with Gasteiger partial charge in [-0.3, -0.25) is 0 Å². The number of benzene rings is 1. The fourth-order valence-corrected chi connectivity index (χ4v) is 3.06. The number of hydrogen-bond acceptors (Lipinski definition) is 3. The van der Waals surface area contributed by atoms with E-state index in [1.807, 2.05) is 36.0 Å². The second-order valence-electron chi connectivity index (χ2n) is 3.92. The first-order chi connectivity index (χ1) is 7.24. The highest BCUT2D eigenvalue weighted by molar-refractivity contribution is 7.99. The highest BCUT2D eigenvalue weighted by Crippen LogP contribution is 2.36. The molecule has 82 valence electrons. The first kappa shape index (κ1) is 10.8. The van der Waals surface area contributed by atoms with Crippen molar-refractivity contribution < 1.29 is 9.84 Å². The molecule has 1 N–H and O–H groups in total. The van der Waals surface area contributed by atoms with Gasteiger partial charge in [0.25, 0.3) is 0 Å². The third-order valence-corrected chi connectivity index (χ3v) is 4.09. The molecule has 2 nitrogen and oxygen atoms in total. The lowest BCUT2D eigenvalue weighted by Crippen LogP contribution is -2.31. The van der Waals surface area contributed by atoms with Crippen LogP contribution in [0.25, 0.3) is 0 Å². The van der Waals surface area contributed by atoms with Crippen molar-refractivity contribution >= 4 is 11.8 Å². The van der Waals surface area contributed by atoms with Gasteiger partial charge in [0.1, 0.15) is 5.75 Å². The number of hydrogen-bond donors (Lipinski definition) is 1. The van der Waals surface area contributed by atoms with E-state index in [9.17, 15) is 5.11 Å². The lowest BCUT2D eigenvalue weighted by atomic mass is 9.91. The Morgan fingerprint density at radius 3 is 3.00 bits per heavy atom. The molecule has 1 aromatic carbocycles. The van der Waals surface area contributed by atoms with Gasteiger partial charge in [-0.05, 0) is 36.3 Å². The van der Waals surface area contributed by atoms with Crippen molar-refractivity contribution in [2.75, 3.05) is 18.6 Å². The van der Waals surface area contributed by atoms with Crippen LogP contribution in [0.4, 0.5) is 0 Å². The van der Waals surface area contributed by atoms with E-state index in [0.717, 1.165) is 35.7 Å². The standard InChI is InChI=1S/C12H16O2S/c1-14-11-5-2-4-10(8-11)12(13)6-3-7-15-9-12/h2,4-5,8,13H,3,6-7,9H2,1H3/t12-/m1/s1. The molecular weight excluding hydrogens is 208 g/mol. The van der Waals surface area contributed by atoms with Gasteiger partial charge in [0.2, 0.25) is 0 Å². The molecule has 1 heterocycles. The van der Waals surface area contributed by atoms with Crippen molar-refractivity contribution in [2.24, 2.45) is 0 Å². The van der Waals surface area contributed by atoms with Crippen LogP contribution in [0.15, 0.2) is 24.3 Å². The molecule has 1 aliphatic heterocycles. The van der Waals surface area contributed by atoms with Crippen LogP contribution in [-0.2, 0) is 5.60 Å². The van der Waals surface area contributed by atoms with E-state index in [1.165, 1.54) is 0 Å². The van der Waals surface area contributed by atoms with Crippen molar-refractivity contribution in [2.45, 2.75) is 18.4 Å². The predicted octanol–water partition coefficient (Wildman–Crippen LogP) is 2.41. The van der Waals surface area contributed by atoms with Gasteiger partial charge in [-0.1, -0.05) is 12.1 Å². The molecule has 0 radical (unpaired) electrons. The summed E-state index contributed by atoms with van der Waals surface area (Å²) >= 11 is 1.82. The van der Waals surface area contributed by atoms with E-state index < -0.39 is 5.60 Å². The first-order valence-electron chi connectivity index (χ1n) is 5.19. The SMILES string of the molecule is COc1cccc([C@@]2(O)CCCSC2)c1. The molecule has 0 bridgehead atoms. The fraction of sp³-hybridized carbons (Fsp3) is 0.500. The summed E-state index contributed by atoms with van der Waals surface area (Å²) < 4.78 is 5.17. The van der Waals surface area contributed by atoms with Gasteiger partial charge >= 0.3 is 0 Å². The van der Waals surface area contributed by atoms with Crippen molar-refractivity contribution in [3.05, 3.63) is 29.8 Å². The Hall–Kier alpha value is -0.670. The van der Waals surface area contributed by atoms with E-state index in [4.69, 9.17) is 4.74 Å². The van der Waals surface area contributed by atoms with Gasteiger partial charge in [0, 0.05) is 5.75 Å². The van der Waals surface area contributed by atoms with Crippen molar-refractivity contribution in [1.82, 2.24) is 0 Å². The highest BCUT2D eigenvalue weighted by atomic mass is 32.2. The Kier molecular flexibility index (Phi) is 3.22. The molecule has 0 amide bonds. The van der Waals surface area contributed by atoms with E-state index in [0.29, 0.717) is 0 Å². The Morgan fingerprint density at radius 1 is 1.47 bits per heavy atom. The quantitative estimate of drug-likeness (QED) is 0.836. The van der Waals surface area contributed by atoms with E-state index in [2.05, 4.69) is 0 Å². The number of thioether (sulfide) groups is 1. The minimum Gasteiger partial charge on any atom is -0.497 e. The average molecular weight is 224 g/mol. The topological polar surface area (TPSA) is 29.5 Å². The van der Waals surface area contributed by atoms with Gasteiger partial charge in [-0.15, -0.1) is 0 Å². The van der Waals surface area contributed by atoms with Crippen molar-refractivity contribution in [1.29, 1.82) is 0 Å². The lowest BCUT2D eigenvalue weighted by Gasteiger charge is -2.32. The summed E-state index contributed by atoms with van der Waals surface area (Å²) in [5, 5.41) is 10.5. The average Bonchev–Trinajstić information content (AvgIpc) is 2.30. The first-order valence-corrected chi connectivity index (χ1v) is 6.35. The van der Waals surface area contributed by atoms with Gasteiger partial charge in [-0.25, -0.2) is 0 Å². The summed E-state index contributed by atoms with van der Waals surface area (Å²) in [6.07, 6.45) is 1.94. The van der Waals surface area contributed by atoms with Crippen LogP contribution in [0.2, 0.25) is 0 Å². The number of methoxy groups -OCH3 is 1. The molecule has 2 rings (SSSR count). The Morgan fingerprint density at radius 2 is 2.33 bits per heavy atom. The molecule has 1 atom stereocenters. The summed E-state index contributed by atoms with van der Waals surface area (Å²) in [7, 11) is 1.65. The number of rotatable bonds is 2. The van der Waals surface area contributed by atoms with E-state index >= 15 is 0 Å². The number of aliphatic hydroxyl groups is 1. The molecule has 1 fully saturated rings. The molecule has 0 spiro atoms. The molecule has 1 saturated heterocycles. The fourth-order valence-electron chi connectivity index (χ4n) is 1.92. The third kappa shape index (κ3) is 2.29. The molecule has 1 aromatic rings. The molecule has 0 unspecified atom stereocenters. The van der Waals surface area contributed by atoms with Crippen LogP contribution >= 0.6 is 11.8 Å². The third-order valence-electron chi connectivity index (χ3n) is 2.83. The Bertz CT molecular complexity index is 332. The molecule has 3 heteroatoms. The van der Waals surface area contributed by atoms with Crippen LogP contribution in [0.3, 0.4) is 0 Å². The molecule has 1 aliphatic rings. The second kappa shape index (κ2) is 4.45. The number of ether oxygens (including phenoxy) is 1. The summed E-state index contributed by atoms with van der Waals surface area (Å²) in [4.78, 5) is 0. The van der Waals surface area contributed by atoms with Gasteiger partial charge < -0.3 is 9.84 Å². The van der Waals surface area contributed by atoms with Gasteiger partial charge in [-0.2, -0.15) is 11.8 Å². The smallest absolute Gasteiger partial charge is 0.119 e. The van der Waals surface area contributed by atoms with Crippen LogP contribution in [-0.4, -0.2) is 23.7 Å². The normalized spacial score (nSPS) is 26.3. The largest absolute Gasteiger partial charge is 0.497 e. The monoisotopic (exact) mass is 224 g/mol. The second-order valence-corrected chi connectivity index (χ2v) is 5.02. The predicted molar refractivity (Wildman–Crippen MR) is 63.4 cm³/mol. The van der Waals surface area contributed by atoms with Crippen LogP contribution in [0.5, 0.6) is 5.75 Å². The molecule has 0 aromatic heterocycles. The maximum absolute atomic E-state index is 10.5. The Labute approximate surface area is 94.6 Å². The molecule has 15 heavy (non-hydrogen) atoms. The zero-order valence-electron chi connectivity index (χ0n) is 8.90. The maximum atomic E-state index is 10.5. The van der Waals surface area contributed by atoms with Gasteiger partial charge in [0.15, 0.2) is 0 Å². The molecule has 0 saturated carbocycles. The summed E-state index contributed by atoms with van der Waals surface area (Å²) in [6.45, 7) is 0. The van der Waals surface area contributed by atoms with Crippen molar-refractivity contribution in [3.63, 3.8) is 0 Å². The summed E-state index contributed by atoms with van der Waals surface area (Å²) in [5.41, 5.74) is 0.325. The summed E-state index contributed by atoms with van der Waals surface area (Å²) in [5.74, 6) is 2.77. The minimum absolute atomic E-state index is 0.655.